The van der Waals surface area contributed by atoms with Crippen LogP contribution in [0.3, 0.4) is 0 Å². The first-order chi connectivity index (χ1) is 10.2. The van der Waals surface area contributed by atoms with Crippen LogP contribution in [-0.2, 0) is 19.4 Å². The van der Waals surface area contributed by atoms with Gasteiger partial charge in [-0.1, -0.05) is 33.8 Å². The lowest BCUT2D eigenvalue weighted by Gasteiger charge is -2.36. The highest BCUT2D eigenvalue weighted by Gasteiger charge is 2.25. The van der Waals surface area contributed by atoms with Crippen LogP contribution in [0.15, 0.2) is 12.1 Å². The van der Waals surface area contributed by atoms with Crippen molar-refractivity contribution in [2.24, 2.45) is 5.84 Å². The molecule has 0 aliphatic carbocycles. The predicted octanol–water partition coefficient (Wildman–Crippen LogP) is 2.69. The molecular formula is C17H31N3O. The zero-order chi connectivity index (χ0) is 15.8. The van der Waals surface area contributed by atoms with Crippen LogP contribution in [-0.4, -0.2) is 29.2 Å². The minimum Gasteiger partial charge on any atom is -0.395 e. The van der Waals surface area contributed by atoms with Gasteiger partial charge in [0.05, 0.1) is 12.3 Å². The third-order valence-electron chi connectivity index (χ3n) is 4.17. The summed E-state index contributed by atoms with van der Waals surface area (Å²) < 4.78 is 0. The highest BCUT2D eigenvalue weighted by atomic mass is 16.3. The molecule has 1 atom stereocenters. The smallest absolute Gasteiger partial charge is 0.0558 e. The number of nitrogens with one attached hydrogen (secondary N) is 1. The lowest BCUT2D eigenvalue weighted by Crippen LogP contribution is -2.41. The minimum atomic E-state index is 0.231. The van der Waals surface area contributed by atoms with E-state index in [0.29, 0.717) is 6.04 Å². The van der Waals surface area contributed by atoms with E-state index in [4.69, 9.17) is 5.84 Å². The van der Waals surface area contributed by atoms with Crippen LogP contribution < -0.4 is 11.3 Å². The maximum absolute atomic E-state index is 9.19. The Kier molecular flexibility index (Phi) is 7.72. The fourth-order valence-corrected chi connectivity index (χ4v) is 3.03. The topological polar surface area (TPSA) is 61.5 Å². The van der Waals surface area contributed by atoms with Crippen molar-refractivity contribution in [1.29, 1.82) is 0 Å². The molecule has 120 valence electrons. The van der Waals surface area contributed by atoms with Crippen LogP contribution in [0.25, 0.3) is 0 Å². The summed E-state index contributed by atoms with van der Waals surface area (Å²) in [5, 5.41) is 9.19. The van der Waals surface area contributed by atoms with Gasteiger partial charge in [-0.25, -0.2) is 0 Å². The summed E-state index contributed by atoms with van der Waals surface area (Å²) >= 11 is 0. The molecule has 1 aliphatic heterocycles. The van der Waals surface area contributed by atoms with Gasteiger partial charge in [-0.2, -0.15) is 0 Å². The Morgan fingerprint density at radius 2 is 2.00 bits per heavy atom. The summed E-state index contributed by atoms with van der Waals surface area (Å²) in [6.45, 7) is 10.3. The largest absolute Gasteiger partial charge is 0.395 e. The monoisotopic (exact) mass is 293 g/mol. The quantitative estimate of drug-likeness (QED) is 0.577. The second-order valence-corrected chi connectivity index (χ2v) is 5.24. The fourth-order valence-electron chi connectivity index (χ4n) is 3.03. The van der Waals surface area contributed by atoms with Crippen molar-refractivity contribution in [3.63, 3.8) is 0 Å². The van der Waals surface area contributed by atoms with Gasteiger partial charge in [0.25, 0.3) is 0 Å². The zero-order valence-electron chi connectivity index (χ0n) is 13.9. The number of hydrogen-bond acceptors (Lipinski definition) is 4. The summed E-state index contributed by atoms with van der Waals surface area (Å²) in [7, 11) is 0. The van der Waals surface area contributed by atoms with Crippen molar-refractivity contribution >= 4 is 5.69 Å². The molecule has 1 aromatic rings. The molecule has 2 rings (SSSR count). The Morgan fingerprint density at radius 1 is 1.29 bits per heavy atom. The number of β-amino-alcohol motifs (C(OH)–C–C–N with tert-alkyl or cyclic N) is 1. The number of aryl methyl sites for hydroxylation is 1. The molecule has 1 aliphatic rings. The highest BCUT2D eigenvalue weighted by Crippen LogP contribution is 2.29. The van der Waals surface area contributed by atoms with E-state index >= 15 is 0 Å². The molecule has 0 fully saturated rings. The Labute approximate surface area is 129 Å². The van der Waals surface area contributed by atoms with Crippen LogP contribution in [0.4, 0.5) is 5.69 Å². The van der Waals surface area contributed by atoms with Gasteiger partial charge in [0.15, 0.2) is 0 Å². The molecule has 0 amide bonds. The van der Waals surface area contributed by atoms with Gasteiger partial charge >= 0.3 is 0 Å². The summed E-state index contributed by atoms with van der Waals surface area (Å²) in [5.41, 5.74) is 7.90. The second kappa shape index (κ2) is 9.03. The highest BCUT2D eigenvalue weighted by molar-refractivity contribution is 5.55. The summed E-state index contributed by atoms with van der Waals surface area (Å²) in [6, 6.07) is 4.99. The number of nitrogens with zero attached hydrogens (tertiary/aromatic N) is 1. The van der Waals surface area contributed by atoms with Crippen LogP contribution >= 0.6 is 0 Å². The van der Waals surface area contributed by atoms with Gasteiger partial charge in [-0.05, 0) is 42.0 Å². The van der Waals surface area contributed by atoms with E-state index in [9.17, 15) is 5.11 Å². The molecule has 1 heterocycles. The Morgan fingerprint density at radius 3 is 2.52 bits per heavy atom. The number of nitrogen functional groups attached to an aromatic ring is 1. The van der Waals surface area contributed by atoms with E-state index in [1.807, 2.05) is 13.8 Å². The van der Waals surface area contributed by atoms with Gasteiger partial charge in [-0.3, -0.25) is 10.7 Å². The number of nitrogens with two attached hydrogens (primary N) is 1. The first-order valence-electron chi connectivity index (χ1n) is 8.19. The Balaban J connectivity index is 0.00000106. The van der Waals surface area contributed by atoms with Crippen molar-refractivity contribution in [2.75, 3.05) is 18.6 Å². The predicted molar refractivity (Wildman–Crippen MR) is 90.3 cm³/mol. The van der Waals surface area contributed by atoms with E-state index in [2.05, 4.69) is 36.3 Å². The SMILES string of the molecule is CC.CCc1cc2c(cc1NN)CC(CC)N(CCO)C2. The van der Waals surface area contributed by atoms with Crippen molar-refractivity contribution in [2.45, 2.75) is 59.5 Å². The van der Waals surface area contributed by atoms with Crippen molar-refractivity contribution in [3.8, 4) is 0 Å². The molecule has 4 heteroatoms. The lowest BCUT2D eigenvalue weighted by atomic mass is 9.90. The van der Waals surface area contributed by atoms with Crippen LogP contribution in [0.1, 0.15) is 50.8 Å². The van der Waals surface area contributed by atoms with Crippen LogP contribution in [0.5, 0.6) is 0 Å². The number of benzene rings is 1. The van der Waals surface area contributed by atoms with Gasteiger partial charge < -0.3 is 10.5 Å². The van der Waals surface area contributed by atoms with Crippen molar-refractivity contribution < 1.29 is 5.11 Å². The molecule has 1 unspecified atom stereocenters. The molecule has 0 saturated heterocycles. The summed E-state index contributed by atoms with van der Waals surface area (Å²) in [6.07, 6.45) is 3.13. The molecule has 0 bridgehead atoms. The number of aliphatic hydroxyl groups is 1. The molecular weight excluding hydrogens is 262 g/mol. The molecule has 21 heavy (non-hydrogen) atoms. The number of anilines is 1. The number of aliphatic hydroxyl groups excluding tert-OH is 1. The van der Waals surface area contributed by atoms with Crippen LogP contribution in [0.2, 0.25) is 0 Å². The van der Waals surface area contributed by atoms with E-state index in [1.54, 1.807) is 0 Å². The average Bonchev–Trinajstić information content (AvgIpc) is 2.55. The Bertz CT molecular complexity index is 434. The first kappa shape index (κ1) is 18.0. The molecule has 0 aromatic heterocycles. The van der Waals surface area contributed by atoms with Crippen molar-refractivity contribution in [3.05, 3.63) is 28.8 Å². The molecule has 0 radical (unpaired) electrons. The van der Waals surface area contributed by atoms with Gasteiger partial charge in [-0.15, -0.1) is 0 Å². The van der Waals surface area contributed by atoms with E-state index in [0.717, 1.165) is 38.0 Å². The molecule has 0 saturated carbocycles. The number of hydrazine groups is 1. The van der Waals surface area contributed by atoms with E-state index < -0.39 is 0 Å². The van der Waals surface area contributed by atoms with Crippen LogP contribution in [0, 0.1) is 0 Å². The maximum Gasteiger partial charge on any atom is 0.0558 e. The standard InChI is InChI=1S/C15H25N3O.C2H6/c1-3-11-7-13-10-18(5-6-19)14(4-2)8-12(13)9-15(11)17-16;1-2/h7,9,14,17,19H,3-6,8,10,16H2,1-2H3;1-2H3. The third-order valence-corrected chi connectivity index (χ3v) is 4.17. The van der Waals surface area contributed by atoms with E-state index in [-0.39, 0.29) is 6.61 Å². The van der Waals surface area contributed by atoms with Crippen molar-refractivity contribution in [1.82, 2.24) is 4.90 Å². The number of rotatable bonds is 5. The zero-order valence-corrected chi connectivity index (χ0v) is 13.9. The second-order valence-electron chi connectivity index (χ2n) is 5.24. The maximum atomic E-state index is 9.19. The summed E-state index contributed by atoms with van der Waals surface area (Å²) in [5.74, 6) is 5.61. The van der Waals surface area contributed by atoms with Gasteiger partial charge in [0.2, 0.25) is 0 Å². The molecule has 1 aromatic carbocycles. The first-order valence-corrected chi connectivity index (χ1v) is 8.19. The normalized spacial score (nSPS) is 17.7. The summed E-state index contributed by atoms with van der Waals surface area (Å²) in [4.78, 5) is 2.39. The molecule has 4 N–H and O–H groups in total. The fraction of sp³-hybridized carbons (Fsp3) is 0.647. The molecule has 4 nitrogen and oxygen atoms in total. The minimum absolute atomic E-state index is 0.231. The van der Waals surface area contributed by atoms with Gasteiger partial charge in [0.1, 0.15) is 0 Å². The number of fused-ring (bicyclic) bond motifs is 1. The Hall–Kier alpha value is -1.10. The van der Waals surface area contributed by atoms with Gasteiger partial charge in [0, 0.05) is 19.1 Å². The number of hydrogen-bond donors (Lipinski definition) is 3. The van der Waals surface area contributed by atoms with E-state index in [1.165, 1.54) is 16.7 Å². The third kappa shape index (κ3) is 4.19. The average molecular weight is 293 g/mol. The molecule has 0 spiro atoms. The lowest BCUT2D eigenvalue weighted by molar-refractivity contribution is 0.129.